The fourth-order valence-corrected chi connectivity index (χ4v) is 6.06. The van der Waals surface area contributed by atoms with Crippen LogP contribution in [0.3, 0.4) is 0 Å². The number of ether oxygens (including phenoxy) is 2. The molecule has 4 aromatic rings. The molecule has 1 N–H and O–H groups in total. The predicted molar refractivity (Wildman–Crippen MR) is 153 cm³/mol. The van der Waals surface area contributed by atoms with Crippen molar-refractivity contribution < 1.29 is 27.1 Å². The molecule has 0 aliphatic carbocycles. The number of aryl methyl sites for hydroxylation is 1. The molecule has 1 amide bonds. The third-order valence-corrected chi connectivity index (χ3v) is 8.73. The number of benzene rings is 3. The number of hydrogen-bond acceptors (Lipinski definition) is 6. The van der Waals surface area contributed by atoms with Crippen molar-refractivity contribution in [3.05, 3.63) is 90.4 Å². The van der Waals surface area contributed by atoms with Gasteiger partial charge in [0, 0.05) is 24.9 Å². The van der Waals surface area contributed by atoms with Crippen LogP contribution in [-0.4, -0.2) is 61.1 Å². The van der Waals surface area contributed by atoms with Gasteiger partial charge in [0.25, 0.3) is 0 Å². The summed E-state index contributed by atoms with van der Waals surface area (Å²) in [7, 11) is -2.56. The molecule has 1 aliphatic rings. The minimum absolute atomic E-state index is 0.0225. The van der Waals surface area contributed by atoms with Gasteiger partial charge in [-0.15, -0.1) is 0 Å². The van der Waals surface area contributed by atoms with E-state index in [9.17, 15) is 17.6 Å². The Balaban J connectivity index is 1.45. The molecule has 0 radical (unpaired) electrons. The Morgan fingerprint density at radius 3 is 2.56 bits per heavy atom. The molecule has 3 aromatic carbocycles. The van der Waals surface area contributed by atoms with Gasteiger partial charge < -0.3 is 9.47 Å². The highest BCUT2D eigenvalue weighted by Crippen LogP contribution is 2.26. The molecule has 1 saturated heterocycles. The summed E-state index contributed by atoms with van der Waals surface area (Å²) in [5, 5.41) is 2.75. The molecule has 1 aromatic heterocycles. The molecular weight excluding hydrogens is 547 g/mol. The van der Waals surface area contributed by atoms with Crippen LogP contribution in [0.4, 0.5) is 10.3 Å². The Kier molecular flexibility index (Phi) is 8.48. The number of nitrogens with zero attached hydrogens (tertiary/aromatic N) is 3. The highest BCUT2D eigenvalue weighted by atomic mass is 32.2. The maximum atomic E-state index is 14.5. The second-order valence-corrected chi connectivity index (χ2v) is 11.7. The first-order chi connectivity index (χ1) is 19.7. The zero-order chi connectivity index (χ0) is 29.0. The smallest absolute Gasteiger partial charge is 0.243 e. The number of amides is 1. The Hall–Kier alpha value is -4.06. The van der Waals surface area contributed by atoms with Gasteiger partial charge in [0.05, 0.1) is 36.0 Å². The molecule has 214 valence electrons. The van der Waals surface area contributed by atoms with E-state index in [1.54, 1.807) is 42.0 Å². The van der Waals surface area contributed by atoms with Crippen molar-refractivity contribution in [3.63, 3.8) is 0 Å². The van der Waals surface area contributed by atoms with Gasteiger partial charge in [-0.05, 0) is 61.7 Å². The third-order valence-electron chi connectivity index (χ3n) is 6.91. The maximum Gasteiger partial charge on any atom is 0.243 e. The second-order valence-electron chi connectivity index (χ2n) is 9.78. The summed E-state index contributed by atoms with van der Waals surface area (Å²) in [5.41, 5.74) is 2.30. The van der Waals surface area contributed by atoms with Crippen molar-refractivity contribution in [3.8, 4) is 22.7 Å². The van der Waals surface area contributed by atoms with E-state index in [2.05, 4.69) is 10.3 Å². The number of nitrogens with one attached hydrogen (secondary N) is 1. The van der Waals surface area contributed by atoms with Crippen LogP contribution >= 0.6 is 0 Å². The van der Waals surface area contributed by atoms with Crippen molar-refractivity contribution in [1.29, 1.82) is 0 Å². The van der Waals surface area contributed by atoms with Crippen LogP contribution in [0.1, 0.15) is 18.4 Å². The molecule has 1 atom stereocenters. The number of anilines is 1. The SMILES string of the molecule is COc1ccc(S(=O)(=O)N(CC(=O)Nc2nc(-c3ccccc3)cn2-c2ccc(C)c(F)c2)C[C@H]2CCCO2)cc1. The summed E-state index contributed by atoms with van der Waals surface area (Å²) < 4.78 is 55.3. The van der Waals surface area contributed by atoms with E-state index in [1.807, 2.05) is 30.3 Å². The van der Waals surface area contributed by atoms with Crippen molar-refractivity contribution in [2.24, 2.45) is 0 Å². The topological polar surface area (TPSA) is 103 Å². The Labute approximate surface area is 238 Å². The van der Waals surface area contributed by atoms with Crippen molar-refractivity contribution in [2.45, 2.75) is 30.8 Å². The lowest BCUT2D eigenvalue weighted by Gasteiger charge is -2.24. The summed E-state index contributed by atoms with van der Waals surface area (Å²) in [6, 6.07) is 20.1. The minimum atomic E-state index is -4.05. The van der Waals surface area contributed by atoms with Gasteiger partial charge >= 0.3 is 0 Å². The van der Waals surface area contributed by atoms with Gasteiger partial charge in [-0.25, -0.2) is 17.8 Å². The molecule has 1 fully saturated rings. The molecule has 0 bridgehead atoms. The first kappa shape index (κ1) is 28.5. The van der Waals surface area contributed by atoms with E-state index in [4.69, 9.17) is 9.47 Å². The maximum absolute atomic E-state index is 14.5. The molecule has 0 spiro atoms. The lowest BCUT2D eigenvalue weighted by Crippen LogP contribution is -2.42. The summed E-state index contributed by atoms with van der Waals surface area (Å²) in [6.45, 7) is 1.76. The predicted octanol–water partition coefficient (Wildman–Crippen LogP) is 4.80. The van der Waals surface area contributed by atoms with Crippen LogP contribution in [0, 0.1) is 12.7 Å². The molecule has 2 heterocycles. The summed E-state index contributed by atoms with van der Waals surface area (Å²) in [4.78, 5) is 18.1. The van der Waals surface area contributed by atoms with E-state index in [1.165, 1.54) is 25.3 Å². The average molecular weight is 579 g/mol. The van der Waals surface area contributed by atoms with E-state index in [0.29, 0.717) is 35.7 Å². The largest absolute Gasteiger partial charge is 0.497 e. The fraction of sp³-hybridized carbons (Fsp3) is 0.267. The van der Waals surface area contributed by atoms with E-state index in [-0.39, 0.29) is 23.5 Å². The molecule has 5 rings (SSSR count). The Bertz CT molecular complexity index is 1620. The molecule has 41 heavy (non-hydrogen) atoms. The lowest BCUT2D eigenvalue weighted by atomic mass is 10.2. The van der Waals surface area contributed by atoms with Crippen LogP contribution < -0.4 is 10.1 Å². The first-order valence-corrected chi connectivity index (χ1v) is 14.7. The Morgan fingerprint density at radius 2 is 1.90 bits per heavy atom. The summed E-state index contributed by atoms with van der Waals surface area (Å²) in [6.07, 6.45) is 2.89. The lowest BCUT2D eigenvalue weighted by molar-refractivity contribution is -0.116. The third kappa shape index (κ3) is 6.48. The molecule has 11 heteroatoms. The number of carbonyl (C=O) groups is 1. The average Bonchev–Trinajstić information content (AvgIpc) is 3.65. The summed E-state index contributed by atoms with van der Waals surface area (Å²) in [5.74, 6) is -0.348. The molecule has 0 unspecified atom stereocenters. The van der Waals surface area contributed by atoms with Gasteiger partial charge in [-0.1, -0.05) is 36.4 Å². The van der Waals surface area contributed by atoms with Gasteiger partial charge in [-0.2, -0.15) is 4.31 Å². The standard InChI is InChI=1S/C30H31FN4O5S/c1-21-10-11-23(17-27(21)31)35-19-28(22-7-4-3-5-8-22)32-30(35)33-29(36)20-34(18-25-9-6-16-40-25)41(37,38)26-14-12-24(39-2)13-15-26/h3-5,7-8,10-15,17,19,25H,6,9,16,18,20H2,1-2H3,(H,32,33,36)/t25-/m1/s1. The van der Waals surface area contributed by atoms with Gasteiger partial charge in [-0.3, -0.25) is 14.7 Å². The molecule has 1 aliphatic heterocycles. The molecule has 0 saturated carbocycles. The van der Waals surface area contributed by atoms with Crippen LogP contribution in [0.25, 0.3) is 16.9 Å². The number of halogens is 1. The number of rotatable bonds is 10. The van der Waals surface area contributed by atoms with Crippen molar-refractivity contribution in [1.82, 2.24) is 13.9 Å². The van der Waals surface area contributed by atoms with Crippen LogP contribution in [0.2, 0.25) is 0 Å². The van der Waals surface area contributed by atoms with Crippen molar-refractivity contribution >= 4 is 21.9 Å². The fourth-order valence-electron chi connectivity index (χ4n) is 4.63. The van der Waals surface area contributed by atoms with Gasteiger partial charge in [0.1, 0.15) is 11.6 Å². The number of aromatic nitrogens is 2. The highest BCUT2D eigenvalue weighted by molar-refractivity contribution is 7.89. The quantitative estimate of drug-likeness (QED) is 0.290. The Morgan fingerprint density at radius 1 is 1.15 bits per heavy atom. The van der Waals surface area contributed by atoms with Crippen molar-refractivity contribution in [2.75, 3.05) is 32.1 Å². The molecule has 9 nitrogen and oxygen atoms in total. The van der Waals surface area contributed by atoms with E-state index < -0.39 is 28.3 Å². The minimum Gasteiger partial charge on any atom is -0.497 e. The van der Waals surface area contributed by atoms with Gasteiger partial charge in [0.2, 0.25) is 21.9 Å². The number of carbonyl (C=O) groups excluding carboxylic acids is 1. The van der Waals surface area contributed by atoms with Crippen LogP contribution in [0.15, 0.2) is 83.9 Å². The zero-order valence-electron chi connectivity index (χ0n) is 22.8. The number of methoxy groups -OCH3 is 1. The van der Waals surface area contributed by atoms with E-state index in [0.717, 1.165) is 16.3 Å². The zero-order valence-corrected chi connectivity index (χ0v) is 23.6. The highest BCUT2D eigenvalue weighted by Gasteiger charge is 2.31. The van der Waals surface area contributed by atoms with Crippen LogP contribution in [-0.2, 0) is 19.6 Å². The number of sulfonamides is 1. The second kappa shape index (κ2) is 12.2. The summed E-state index contributed by atoms with van der Waals surface area (Å²) >= 11 is 0. The van der Waals surface area contributed by atoms with E-state index >= 15 is 0 Å². The van der Waals surface area contributed by atoms with Gasteiger partial charge in [0.15, 0.2) is 0 Å². The normalized spacial score (nSPS) is 15.3. The number of imidazole rings is 1. The monoisotopic (exact) mass is 578 g/mol. The van der Waals surface area contributed by atoms with Crippen LogP contribution in [0.5, 0.6) is 5.75 Å². The number of hydrogen-bond donors (Lipinski definition) is 1. The first-order valence-electron chi connectivity index (χ1n) is 13.2. The molecular formula is C30H31FN4O5S.